The molecule has 0 saturated heterocycles. The van der Waals surface area contributed by atoms with Gasteiger partial charge in [-0.2, -0.15) is 0 Å². The topological polar surface area (TPSA) is 116 Å². The van der Waals surface area contributed by atoms with Crippen molar-refractivity contribution < 1.29 is 19.6 Å². The second-order valence-corrected chi connectivity index (χ2v) is 4.66. The summed E-state index contributed by atoms with van der Waals surface area (Å²) in [7, 11) is 0. The van der Waals surface area contributed by atoms with Crippen LogP contribution in [-0.2, 0) is 9.53 Å². The quantitative estimate of drug-likeness (QED) is 0.422. The molecular formula is C12H24N2O5. The minimum absolute atomic E-state index is 0.0684. The molecule has 0 aromatic heterocycles. The molecule has 112 valence electrons. The van der Waals surface area contributed by atoms with E-state index in [-0.39, 0.29) is 32.3 Å². The molecule has 7 heteroatoms. The van der Waals surface area contributed by atoms with Gasteiger partial charge in [-0.1, -0.05) is 13.8 Å². The molecule has 1 amide bonds. The van der Waals surface area contributed by atoms with Crippen LogP contribution in [0.4, 0.5) is 0 Å². The molecule has 0 aromatic rings. The number of nitro groups is 1. The van der Waals surface area contributed by atoms with Gasteiger partial charge in [0, 0.05) is 29.8 Å². The van der Waals surface area contributed by atoms with Crippen molar-refractivity contribution in [1.29, 1.82) is 0 Å². The van der Waals surface area contributed by atoms with Gasteiger partial charge in [-0.3, -0.25) is 14.9 Å². The third-order valence-electron chi connectivity index (χ3n) is 3.20. The molecule has 0 unspecified atom stereocenters. The molecule has 0 aliphatic heterocycles. The number of rotatable bonds is 11. The van der Waals surface area contributed by atoms with Gasteiger partial charge in [0.1, 0.15) is 0 Å². The minimum Gasteiger partial charge on any atom is -0.396 e. The van der Waals surface area contributed by atoms with E-state index in [1.54, 1.807) is 0 Å². The number of carbonyl (C=O) groups is 1. The van der Waals surface area contributed by atoms with Crippen LogP contribution in [0.25, 0.3) is 0 Å². The van der Waals surface area contributed by atoms with Gasteiger partial charge in [0.05, 0.1) is 12.7 Å². The van der Waals surface area contributed by atoms with Crippen LogP contribution in [0, 0.1) is 22.0 Å². The number of aliphatic hydroxyl groups is 1. The summed E-state index contributed by atoms with van der Waals surface area (Å²) in [6, 6.07) is 0. The van der Waals surface area contributed by atoms with Gasteiger partial charge in [-0.25, -0.2) is 0 Å². The largest absolute Gasteiger partial charge is 0.396 e. The van der Waals surface area contributed by atoms with Crippen LogP contribution in [0.5, 0.6) is 0 Å². The third kappa shape index (κ3) is 7.74. The molecule has 0 aliphatic rings. The first kappa shape index (κ1) is 17.8. The molecule has 19 heavy (non-hydrogen) atoms. The van der Waals surface area contributed by atoms with Crippen LogP contribution in [0.2, 0.25) is 0 Å². The van der Waals surface area contributed by atoms with Crippen molar-refractivity contribution in [2.24, 2.45) is 17.6 Å². The van der Waals surface area contributed by atoms with Crippen molar-refractivity contribution in [2.75, 3.05) is 19.8 Å². The molecule has 0 spiro atoms. The maximum absolute atomic E-state index is 10.9. The summed E-state index contributed by atoms with van der Waals surface area (Å²) in [6.45, 7) is 3.53. The zero-order chi connectivity index (χ0) is 14.8. The van der Waals surface area contributed by atoms with Gasteiger partial charge >= 0.3 is 0 Å². The Morgan fingerprint density at radius 3 is 2.32 bits per heavy atom. The van der Waals surface area contributed by atoms with Crippen molar-refractivity contribution >= 4 is 5.91 Å². The fraction of sp³-hybridized carbons (Fsp3) is 0.917. The van der Waals surface area contributed by atoms with E-state index >= 15 is 0 Å². The number of carbonyl (C=O) groups excluding carboxylic acids is 1. The van der Waals surface area contributed by atoms with Crippen molar-refractivity contribution in [3.63, 3.8) is 0 Å². The zero-order valence-electron chi connectivity index (χ0n) is 11.6. The number of aliphatic hydroxyl groups excluding tert-OH is 1. The van der Waals surface area contributed by atoms with Crippen LogP contribution in [0.1, 0.15) is 33.1 Å². The van der Waals surface area contributed by atoms with Crippen LogP contribution < -0.4 is 5.73 Å². The minimum atomic E-state index is -0.604. The molecule has 0 heterocycles. The summed E-state index contributed by atoms with van der Waals surface area (Å²) < 4.78 is 5.60. The SMILES string of the molecule is CCC(CC)OC[C@@H](CO)[C@H](CC(N)=O)C[N+](=O)[O-]. The van der Waals surface area contributed by atoms with Crippen molar-refractivity contribution in [3.05, 3.63) is 10.1 Å². The number of ether oxygens (including phenoxy) is 1. The first-order chi connectivity index (χ1) is 8.94. The number of hydrogen-bond donors (Lipinski definition) is 2. The number of primary amides is 1. The van der Waals surface area contributed by atoms with E-state index in [1.165, 1.54) is 0 Å². The first-order valence-corrected chi connectivity index (χ1v) is 6.57. The molecule has 0 aromatic carbocycles. The molecular weight excluding hydrogens is 252 g/mol. The molecule has 0 aliphatic carbocycles. The summed E-state index contributed by atoms with van der Waals surface area (Å²) in [5.41, 5.74) is 5.09. The fourth-order valence-electron chi connectivity index (χ4n) is 1.95. The van der Waals surface area contributed by atoms with E-state index in [2.05, 4.69) is 0 Å². The van der Waals surface area contributed by atoms with Crippen molar-refractivity contribution in [2.45, 2.75) is 39.2 Å². The van der Waals surface area contributed by atoms with Crippen LogP contribution in [0.3, 0.4) is 0 Å². The number of nitrogens with two attached hydrogens (primary N) is 1. The maximum Gasteiger partial charge on any atom is 0.217 e. The molecule has 2 atom stereocenters. The van der Waals surface area contributed by atoms with Crippen LogP contribution >= 0.6 is 0 Å². The molecule has 0 bridgehead atoms. The molecule has 3 N–H and O–H groups in total. The predicted octanol–water partition coefficient (Wildman–Crippen LogP) is 0.568. The van der Waals surface area contributed by atoms with Gasteiger partial charge in [0.15, 0.2) is 0 Å². The molecule has 0 radical (unpaired) electrons. The van der Waals surface area contributed by atoms with Gasteiger partial charge in [0.25, 0.3) is 0 Å². The first-order valence-electron chi connectivity index (χ1n) is 6.57. The zero-order valence-corrected chi connectivity index (χ0v) is 11.6. The summed E-state index contributed by atoms with van der Waals surface area (Å²) >= 11 is 0. The lowest BCUT2D eigenvalue weighted by atomic mass is 9.90. The van der Waals surface area contributed by atoms with Gasteiger partial charge in [-0.15, -0.1) is 0 Å². The summed E-state index contributed by atoms with van der Waals surface area (Å²) in [5.74, 6) is -1.64. The highest BCUT2D eigenvalue weighted by Crippen LogP contribution is 2.18. The summed E-state index contributed by atoms with van der Waals surface area (Å²) in [6.07, 6.45) is 1.63. The van der Waals surface area contributed by atoms with Crippen molar-refractivity contribution in [1.82, 2.24) is 0 Å². The second kappa shape index (κ2) is 9.69. The molecule has 0 rings (SSSR count). The standard InChI is InChI=1S/C12H24N2O5/c1-3-11(4-2)19-8-10(7-15)9(5-12(13)16)6-14(17)18/h9-11,15H,3-8H2,1-2H3,(H2,13,16)/t9-,10-/m1/s1. The Bertz CT molecular complexity index is 265. The van der Waals surface area contributed by atoms with Crippen LogP contribution in [0.15, 0.2) is 0 Å². The second-order valence-electron chi connectivity index (χ2n) is 4.66. The third-order valence-corrected chi connectivity index (χ3v) is 3.20. The van der Waals surface area contributed by atoms with Crippen LogP contribution in [-0.4, -0.2) is 41.8 Å². The average Bonchev–Trinajstić information content (AvgIpc) is 2.33. The normalized spacial score (nSPS) is 14.3. The summed E-state index contributed by atoms with van der Waals surface area (Å²) in [5, 5.41) is 19.9. The van der Waals surface area contributed by atoms with Crippen molar-refractivity contribution in [3.8, 4) is 0 Å². The van der Waals surface area contributed by atoms with E-state index < -0.39 is 22.7 Å². The average molecular weight is 276 g/mol. The molecule has 0 saturated carbocycles. The lowest BCUT2D eigenvalue weighted by Crippen LogP contribution is -2.33. The summed E-state index contributed by atoms with van der Waals surface area (Å²) in [4.78, 5) is 21.0. The number of amides is 1. The highest BCUT2D eigenvalue weighted by molar-refractivity contribution is 5.74. The van der Waals surface area contributed by atoms with Gasteiger partial charge in [0.2, 0.25) is 12.5 Å². The number of nitrogens with zero attached hydrogens (tertiary/aromatic N) is 1. The van der Waals surface area contributed by atoms with E-state index in [4.69, 9.17) is 10.5 Å². The van der Waals surface area contributed by atoms with E-state index in [1.807, 2.05) is 13.8 Å². The predicted molar refractivity (Wildman–Crippen MR) is 70.1 cm³/mol. The number of hydrogen-bond acceptors (Lipinski definition) is 5. The fourth-order valence-corrected chi connectivity index (χ4v) is 1.95. The molecule has 0 fully saturated rings. The Hall–Kier alpha value is -1.21. The molecule has 7 nitrogen and oxygen atoms in total. The Morgan fingerprint density at radius 2 is 1.95 bits per heavy atom. The van der Waals surface area contributed by atoms with Gasteiger partial charge < -0.3 is 15.6 Å². The smallest absolute Gasteiger partial charge is 0.217 e. The highest BCUT2D eigenvalue weighted by atomic mass is 16.6. The maximum atomic E-state index is 10.9. The van der Waals surface area contributed by atoms with E-state index in [9.17, 15) is 20.0 Å². The lowest BCUT2D eigenvalue weighted by molar-refractivity contribution is -0.490. The van der Waals surface area contributed by atoms with Gasteiger partial charge in [-0.05, 0) is 12.8 Å². The Balaban J connectivity index is 4.53. The lowest BCUT2D eigenvalue weighted by Gasteiger charge is -2.24. The Labute approximate surface area is 113 Å². The van der Waals surface area contributed by atoms with E-state index in [0.717, 1.165) is 12.8 Å². The monoisotopic (exact) mass is 276 g/mol. The van der Waals surface area contributed by atoms with E-state index in [0.29, 0.717) is 0 Å². The highest BCUT2D eigenvalue weighted by Gasteiger charge is 2.28. The Morgan fingerprint density at radius 1 is 1.37 bits per heavy atom. The Kier molecular flexibility index (Phi) is 9.07.